The summed E-state index contributed by atoms with van der Waals surface area (Å²) in [5, 5.41) is 7.81. The first-order valence-corrected chi connectivity index (χ1v) is 5.83. The van der Waals surface area contributed by atoms with Crippen molar-refractivity contribution in [1.29, 1.82) is 0 Å². The number of aromatic nitrogens is 2. The number of nitrogens with one attached hydrogen (secondary N) is 1. The zero-order valence-electron chi connectivity index (χ0n) is 10.4. The molecule has 0 amide bonds. The molecule has 15 heavy (non-hydrogen) atoms. The van der Waals surface area contributed by atoms with E-state index in [1.54, 1.807) is 0 Å². The number of aryl methyl sites for hydroxylation is 2. The summed E-state index contributed by atoms with van der Waals surface area (Å²) < 4.78 is 1.88. The van der Waals surface area contributed by atoms with Gasteiger partial charge in [-0.25, -0.2) is 0 Å². The minimum absolute atomic E-state index is 0.770. The summed E-state index contributed by atoms with van der Waals surface area (Å²) >= 11 is 0. The number of hydrogen-bond acceptors (Lipinski definition) is 2. The first-order chi connectivity index (χ1) is 7.13. The molecule has 1 heterocycles. The summed E-state index contributed by atoms with van der Waals surface area (Å²) in [5.41, 5.74) is 2.44. The number of nitrogens with zero attached hydrogens (tertiary/aromatic N) is 2. The van der Waals surface area contributed by atoms with Crippen LogP contribution in [0.2, 0.25) is 0 Å². The molecule has 1 atom stereocenters. The molecule has 0 spiro atoms. The quantitative estimate of drug-likeness (QED) is 0.779. The molecular weight excluding hydrogens is 186 g/mol. The summed E-state index contributed by atoms with van der Waals surface area (Å²) in [6.07, 6.45) is 4.67. The Hall–Kier alpha value is -0.830. The van der Waals surface area contributed by atoms with Gasteiger partial charge in [-0.15, -0.1) is 0 Å². The zero-order valence-corrected chi connectivity index (χ0v) is 10.4. The summed E-state index contributed by atoms with van der Waals surface area (Å²) in [6, 6.07) is 0. The lowest BCUT2D eigenvalue weighted by Crippen LogP contribution is -2.20. The second-order valence-corrected chi connectivity index (χ2v) is 4.44. The lowest BCUT2D eigenvalue weighted by molar-refractivity contribution is 0.475. The van der Waals surface area contributed by atoms with E-state index >= 15 is 0 Å². The first kappa shape index (κ1) is 12.2. The van der Waals surface area contributed by atoms with Gasteiger partial charge in [-0.2, -0.15) is 5.10 Å². The summed E-state index contributed by atoms with van der Waals surface area (Å²) in [7, 11) is 1.97. The predicted molar refractivity (Wildman–Crippen MR) is 63.7 cm³/mol. The van der Waals surface area contributed by atoms with E-state index < -0.39 is 0 Å². The molecule has 0 aromatic carbocycles. The Balaban J connectivity index is 2.28. The number of rotatable bonds is 6. The van der Waals surface area contributed by atoms with E-state index in [1.807, 2.05) is 11.7 Å². The van der Waals surface area contributed by atoms with Crippen molar-refractivity contribution in [2.75, 3.05) is 6.54 Å². The largest absolute Gasteiger partial charge is 0.312 e. The van der Waals surface area contributed by atoms with E-state index in [1.165, 1.54) is 18.4 Å². The van der Waals surface area contributed by atoms with Crippen molar-refractivity contribution in [2.24, 2.45) is 13.0 Å². The van der Waals surface area contributed by atoms with E-state index in [4.69, 9.17) is 0 Å². The molecule has 0 fully saturated rings. The SMILES string of the molecule is CCCC(C)CNCc1cn(C)nc1C. The van der Waals surface area contributed by atoms with Gasteiger partial charge in [0.25, 0.3) is 0 Å². The van der Waals surface area contributed by atoms with Crippen LogP contribution in [0.3, 0.4) is 0 Å². The third-order valence-corrected chi connectivity index (χ3v) is 2.70. The first-order valence-electron chi connectivity index (χ1n) is 5.83. The van der Waals surface area contributed by atoms with Gasteiger partial charge < -0.3 is 5.32 Å². The van der Waals surface area contributed by atoms with Crippen LogP contribution in [0.4, 0.5) is 0 Å². The van der Waals surface area contributed by atoms with Gasteiger partial charge >= 0.3 is 0 Å². The Morgan fingerprint density at radius 1 is 1.53 bits per heavy atom. The van der Waals surface area contributed by atoms with Gasteiger partial charge in [0.1, 0.15) is 0 Å². The Morgan fingerprint density at radius 3 is 2.80 bits per heavy atom. The van der Waals surface area contributed by atoms with Crippen LogP contribution in [0.25, 0.3) is 0 Å². The average Bonchev–Trinajstić information content (AvgIpc) is 2.46. The maximum atomic E-state index is 4.32. The molecule has 0 aliphatic carbocycles. The van der Waals surface area contributed by atoms with Crippen molar-refractivity contribution in [3.63, 3.8) is 0 Å². The molecule has 3 heteroatoms. The summed E-state index contributed by atoms with van der Waals surface area (Å²) in [6.45, 7) is 8.64. The monoisotopic (exact) mass is 209 g/mol. The number of hydrogen-bond donors (Lipinski definition) is 1. The summed E-state index contributed by atoms with van der Waals surface area (Å²) in [5.74, 6) is 0.770. The standard InChI is InChI=1S/C12H23N3/c1-5-6-10(2)7-13-8-12-9-15(4)14-11(12)3/h9-10,13H,5-8H2,1-4H3. The third kappa shape index (κ3) is 4.04. The Kier molecular flexibility index (Phi) is 4.82. The smallest absolute Gasteiger partial charge is 0.0638 e. The predicted octanol–water partition coefficient (Wildman–Crippen LogP) is 2.25. The molecule has 1 N–H and O–H groups in total. The van der Waals surface area contributed by atoms with Crippen LogP contribution in [-0.2, 0) is 13.6 Å². The zero-order chi connectivity index (χ0) is 11.3. The molecule has 1 unspecified atom stereocenters. The van der Waals surface area contributed by atoms with Gasteiger partial charge in [0.15, 0.2) is 0 Å². The fourth-order valence-electron chi connectivity index (χ4n) is 1.87. The minimum atomic E-state index is 0.770. The van der Waals surface area contributed by atoms with E-state index in [2.05, 4.69) is 37.4 Å². The van der Waals surface area contributed by atoms with E-state index in [-0.39, 0.29) is 0 Å². The fourth-order valence-corrected chi connectivity index (χ4v) is 1.87. The van der Waals surface area contributed by atoms with Crippen LogP contribution in [-0.4, -0.2) is 16.3 Å². The van der Waals surface area contributed by atoms with Crippen LogP contribution < -0.4 is 5.32 Å². The van der Waals surface area contributed by atoms with Gasteiger partial charge in [0, 0.05) is 25.4 Å². The van der Waals surface area contributed by atoms with Crippen molar-refractivity contribution >= 4 is 0 Å². The second-order valence-electron chi connectivity index (χ2n) is 4.44. The fraction of sp³-hybridized carbons (Fsp3) is 0.750. The van der Waals surface area contributed by atoms with E-state index in [0.717, 1.165) is 24.7 Å². The molecule has 3 nitrogen and oxygen atoms in total. The minimum Gasteiger partial charge on any atom is -0.312 e. The Morgan fingerprint density at radius 2 is 2.27 bits per heavy atom. The molecule has 0 aliphatic rings. The van der Waals surface area contributed by atoms with Gasteiger partial charge in [-0.3, -0.25) is 4.68 Å². The molecule has 1 rings (SSSR count). The Labute approximate surface area is 92.9 Å². The lowest BCUT2D eigenvalue weighted by atomic mass is 10.1. The molecule has 0 radical (unpaired) electrons. The third-order valence-electron chi connectivity index (χ3n) is 2.70. The molecule has 1 aromatic heterocycles. The van der Waals surface area contributed by atoms with Crippen LogP contribution in [0.5, 0.6) is 0 Å². The summed E-state index contributed by atoms with van der Waals surface area (Å²) in [4.78, 5) is 0. The van der Waals surface area contributed by atoms with Crippen LogP contribution in [0.1, 0.15) is 37.9 Å². The van der Waals surface area contributed by atoms with Crippen molar-refractivity contribution in [2.45, 2.75) is 40.2 Å². The molecular formula is C12H23N3. The molecule has 0 saturated carbocycles. The maximum absolute atomic E-state index is 4.32. The van der Waals surface area contributed by atoms with Gasteiger partial charge in [0.05, 0.1) is 5.69 Å². The lowest BCUT2D eigenvalue weighted by Gasteiger charge is -2.10. The van der Waals surface area contributed by atoms with Crippen molar-refractivity contribution in [1.82, 2.24) is 15.1 Å². The van der Waals surface area contributed by atoms with Gasteiger partial charge in [0.2, 0.25) is 0 Å². The normalized spacial score (nSPS) is 13.1. The second kappa shape index (κ2) is 5.91. The van der Waals surface area contributed by atoms with Crippen LogP contribution >= 0.6 is 0 Å². The highest BCUT2D eigenvalue weighted by atomic mass is 15.2. The molecule has 86 valence electrons. The van der Waals surface area contributed by atoms with Crippen molar-refractivity contribution in [3.8, 4) is 0 Å². The maximum Gasteiger partial charge on any atom is 0.0638 e. The van der Waals surface area contributed by atoms with Crippen LogP contribution in [0, 0.1) is 12.8 Å². The van der Waals surface area contributed by atoms with E-state index in [0.29, 0.717) is 0 Å². The van der Waals surface area contributed by atoms with E-state index in [9.17, 15) is 0 Å². The molecule has 0 bridgehead atoms. The highest BCUT2D eigenvalue weighted by Gasteiger charge is 2.04. The van der Waals surface area contributed by atoms with Gasteiger partial charge in [-0.1, -0.05) is 20.3 Å². The van der Waals surface area contributed by atoms with Crippen molar-refractivity contribution < 1.29 is 0 Å². The average molecular weight is 209 g/mol. The Bertz CT molecular complexity index is 291. The molecule has 0 aliphatic heterocycles. The molecule has 0 saturated heterocycles. The molecule has 1 aromatic rings. The topological polar surface area (TPSA) is 29.9 Å². The highest BCUT2D eigenvalue weighted by molar-refractivity contribution is 5.14. The van der Waals surface area contributed by atoms with Gasteiger partial charge in [-0.05, 0) is 25.8 Å². The van der Waals surface area contributed by atoms with Crippen molar-refractivity contribution in [3.05, 3.63) is 17.5 Å². The van der Waals surface area contributed by atoms with Crippen LogP contribution in [0.15, 0.2) is 6.20 Å². The highest BCUT2D eigenvalue weighted by Crippen LogP contribution is 2.06.